The second kappa shape index (κ2) is 5.83. The predicted octanol–water partition coefficient (Wildman–Crippen LogP) is 3.24. The van der Waals surface area contributed by atoms with E-state index >= 15 is 0 Å². The van der Waals surface area contributed by atoms with Crippen LogP contribution in [0, 0.1) is 6.92 Å². The van der Waals surface area contributed by atoms with Crippen LogP contribution in [0.1, 0.15) is 11.7 Å². The zero-order valence-corrected chi connectivity index (χ0v) is 10.6. The topological polar surface area (TPSA) is 60.2 Å². The Morgan fingerprint density at radius 3 is 2.89 bits per heavy atom. The number of alkyl halides is 2. The number of hydrogen-bond acceptors (Lipinski definition) is 5. The van der Waals surface area contributed by atoms with Gasteiger partial charge in [0.1, 0.15) is 0 Å². The molecule has 0 saturated carbocycles. The summed E-state index contributed by atoms with van der Waals surface area (Å²) in [7, 11) is 0. The van der Waals surface area contributed by atoms with Crippen LogP contribution < -0.4 is 10.1 Å². The van der Waals surface area contributed by atoms with Crippen LogP contribution in [0.25, 0.3) is 0 Å². The van der Waals surface area contributed by atoms with Gasteiger partial charge in [0, 0.05) is 11.1 Å². The molecule has 1 heterocycles. The van der Waals surface area contributed by atoms with Crippen molar-refractivity contribution in [3.63, 3.8) is 0 Å². The summed E-state index contributed by atoms with van der Waals surface area (Å²) in [5, 5.41) is 6.78. The van der Waals surface area contributed by atoms with Crippen molar-refractivity contribution >= 4 is 17.3 Å². The van der Waals surface area contributed by atoms with E-state index in [2.05, 4.69) is 20.2 Å². The highest BCUT2D eigenvalue weighted by atomic mass is 35.5. The Hall–Kier alpha value is -1.89. The van der Waals surface area contributed by atoms with Gasteiger partial charge in [0.05, 0.1) is 12.2 Å². The van der Waals surface area contributed by atoms with Crippen molar-refractivity contribution in [3.8, 4) is 5.75 Å². The standard InChI is InChI=1S/C11H10ClF2N3O2/c1-6-16-10(19-17-6)5-15-8-3-2-7(12)4-9(8)18-11(13)14/h2-4,11,15H,5H2,1H3. The minimum Gasteiger partial charge on any atom is -0.433 e. The molecule has 0 unspecified atom stereocenters. The van der Waals surface area contributed by atoms with Crippen molar-refractivity contribution in [2.24, 2.45) is 0 Å². The van der Waals surface area contributed by atoms with Crippen LogP contribution >= 0.6 is 11.6 Å². The summed E-state index contributed by atoms with van der Waals surface area (Å²) in [5.74, 6) is 0.797. The van der Waals surface area contributed by atoms with Crippen molar-refractivity contribution in [1.29, 1.82) is 0 Å². The average molecular weight is 290 g/mol. The monoisotopic (exact) mass is 289 g/mol. The lowest BCUT2D eigenvalue weighted by Gasteiger charge is -2.11. The molecule has 5 nitrogen and oxygen atoms in total. The third kappa shape index (κ3) is 3.78. The number of ether oxygens (including phenoxy) is 1. The Kier molecular flexibility index (Phi) is 4.16. The minimum absolute atomic E-state index is 0.0428. The van der Waals surface area contributed by atoms with E-state index in [4.69, 9.17) is 16.1 Å². The fraction of sp³-hybridized carbons (Fsp3) is 0.273. The van der Waals surface area contributed by atoms with Gasteiger partial charge in [-0.1, -0.05) is 16.8 Å². The molecular weight excluding hydrogens is 280 g/mol. The molecule has 1 N–H and O–H groups in total. The molecule has 0 fully saturated rings. The lowest BCUT2D eigenvalue weighted by atomic mass is 10.3. The molecule has 1 aromatic carbocycles. The van der Waals surface area contributed by atoms with Gasteiger partial charge in [-0.25, -0.2) is 0 Å². The van der Waals surface area contributed by atoms with Crippen LogP contribution in [0.5, 0.6) is 5.75 Å². The van der Waals surface area contributed by atoms with Gasteiger partial charge in [-0.15, -0.1) is 0 Å². The van der Waals surface area contributed by atoms with Gasteiger partial charge in [0.2, 0.25) is 5.89 Å². The Morgan fingerprint density at radius 1 is 1.47 bits per heavy atom. The molecular formula is C11H10ClF2N3O2. The number of anilines is 1. The summed E-state index contributed by atoms with van der Waals surface area (Å²) in [5.41, 5.74) is 0.362. The van der Waals surface area contributed by atoms with Crippen molar-refractivity contribution < 1.29 is 18.0 Å². The molecule has 2 aromatic rings. The molecule has 8 heteroatoms. The molecule has 102 valence electrons. The highest BCUT2D eigenvalue weighted by molar-refractivity contribution is 6.30. The Labute approximate surface area is 112 Å². The molecule has 0 bridgehead atoms. The zero-order valence-electron chi connectivity index (χ0n) is 9.86. The number of halogens is 3. The summed E-state index contributed by atoms with van der Waals surface area (Å²) < 4.78 is 33.8. The van der Waals surface area contributed by atoms with E-state index in [-0.39, 0.29) is 12.3 Å². The molecule has 0 atom stereocenters. The molecule has 1 aromatic heterocycles. The van der Waals surface area contributed by atoms with Crippen molar-refractivity contribution in [2.45, 2.75) is 20.1 Å². The maximum absolute atomic E-state index is 12.3. The number of nitrogens with zero attached hydrogens (tertiary/aromatic N) is 2. The lowest BCUT2D eigenvalue weighted by Crippen LogP contribution is -2.06. The van der Waals surface area contributed by atoms with E-state index in [1.54, 1.807) is 13.0 Å². The van der Waals surface area contributed by atoms with Crippen LogP contribution in [-0.2, 0) is 6.54 Å². The lowest BCUT2D eigenvalue weighted by molar-refractivity contribution is -0.0493. The SMILES string of the molecule is Cc1noc(CNc2ccc(Cl)cc2OC(F)F)n1. The fourth-order valence-corrected chi connectivity index (χ4v) is 1.58. The van der Waals surface area contributed by atoms with Gasteiger partial charge in [0.15, 0.2) is 11.6 Å². The first-order valence-corrected chi connectivity index (χ1v) is 5.70. The number of aryl methyl sites for hydroxylation is 1. The fourth-order valence-electron chi connectivity index (χ4n) is 1.42. The summed E-state index contributed by atoms with van der Waals surface area (Å²) in [6, 6.07) is 4.39. The summed E-state index contributed by atoms with van der Waals surface area (Å²) in [6.45, 7) is -1.05. The van der Waals surface area contributed by atoms with E-state index in [9.17, 15) is 8.78 Å². The molecule has 0 amide bonds. The smallest absolute Gasteiger partial charge is 0.387 e. The summed E-state index contributed by atoms with van der Waals surface area (Å²) in [4.78, 5) is 3.98. The van der Waals surface area contributed by atoms with Gasteiger partial charge in [-0.2, -0.15) is 13.8 Å². The molecule has 0 aliphatic carbocycles. The average Bonchev–Trinajstić information content (AvgIpc) is 2.73. The molecule has 19 heavy (non-hydrogen) atoms. The Bertz CT molecular complexity index is 563. The van der Waals surface area contributed by atoms with Gasteiger partial charge < -0.3 is 14.6 Å². The quantitative estimate of drug-likeness (QED) is 0.915. The van der Waals surface area contributed by atoms with Gasteiger partial charge in [0.25, 0.3) is 0 Å². The number of rotatable bonds is 5. The highest BCUT2D eigenvalue weighted by Crippen LogP contribution is 2.29. The zero-order chi connectivity index (χ0) is 13.8. The third-order valence-electron chi connectivity index (χ3n) is 2.16. The van der Waals surface area contributed by atoms with E-state index in [0.717, 1.165) is 0 Å². The van der Waals surface area contributed by atoms with Gasteiger partial charge in [-0.05, 0) is 19.1 Å². The summed E-state index contributed by atoms with van der Waals surface area (Å²) >= 11 is 5.73. The number of aromatic nitrogens is 2. The number of benzene rings is 1. The van der Waals surface area contributed by atoms with Crippen LogP contribution in [0.2, 0.25) is 5.02 Å². The van der Waals surface area contributed by atoms with Crippen molar-refractivity contribution in [3.05, 3.63) is 34.9 Å². The first-order chi connectivity index (χ1) is 9.04. The highest BCUT2D eigenvalue weighted by Gasteiger charge is 2.11. The molecule has 0 spiro atoms. The van der Waals surface area contributed by atoms with Crippen molar-refractivity contribution in [2.75, 3.05) is 5.32 Å². The maximum Gasteiger partial charge on any atom is 0.387 e. The van der Waals surface area contributed by atoms with E-state index in [1.807, 2.05) is 0 Å². The van der Waals surface area contributed by atoms with E-state index < -0.39 is 6.61 Å². The van der Waals surface area contributed by atoms with E-state index in [0.29, 0.717) is 22.4 Å². The maximum atomic E-state index is 12.3. The molecule has 2 rings (SSSR count). The largest absolute Gasteiger partial charge is 0.433 e. The van der Waals surface area contributed by atoms with Crippen LogP contribution in [0.15, 0.2) is 22.7 Å². The first kappa shape index (κ1) is 13.5. The molecule has 0 saturated heterocycles. The van der Waals surface area contributed by atoms with Gasteiger partial charge >= 0.3 is 6.61 Å². The van der Waals surface area contributed by atoms with Crippen LogP contribution in [-0.4, -0.2) is 16.8 Å². The van der Waals surface area contributed by atoms with Crippen LogP contribution in [0.4, 0.5) is 14.5 Å². The number of nitrogens with one attached hydrogen (secondary N) is 1. The number of hydrogen-bond donors (Lipinski definition) is 1. The Morgan fingerprint density at radius 2 is 2.26 bits per heavy atom. The molecule has 0 radical (unpaired) electrons. The van der Waals surface area contributed by atoms with Crippen molar-refractivity contribution in [1.82, 2.24) is 10.1 Å². The minimum atomic E-state index is -2.93. The third-order valence-corrected chi connectivity index (χ3v) is 2.39. The molecule has 0 aliphatic rings. The normalized spacial score (nSPS) is 10.8. The second-order valence-corrected chi connectivity index (χ2v) is 4.04. The van der Waals surface area contributed by atoms with Crippen LogP contribution in [0.3, 0.4) is 0 Å². The first-order valence-electron chi connectivity index (χ1n) is 5.32. The van der Waals surface area contributed by atoms with Gasteiger partial charge in [-0.3, -0.25) is 0 Å². The predicted molar refractivity (Wildman–Crippen MR) is 64.4 cm³/mol. The molecule has 0 aliphatic heterocycles. The Balaban J connectivity index is 2.10. The summed E-state index contributed by atoms with van der Waals surface area (Å²) in [6.07, 6.45) is 0. The van der Waals surface area contributed by atoms with E-state index in [1.165, 1.54) is 12.1 Å². The second-order valence-electron chi connectivity index (χ2n) is 3.61.